The molecular weight excluding hydrogens is 384 g/mol. The van der Waals surface area contributed by atoms with Gasteiger partial charge in [0.2, 0.25) is 0 Å². The average Bonchev–Trinajstić information content (AvgIpc) is 2.65. The number of halogens is 3. The van der Waals surface area contributed by atoms with E-state index in [1.807, 2.05) is 13.0 Å². The number of guanidine groups is 1. The first kappa shape index (κ1) is 22.0. The molecule has 1 aromatic carbocycles. The van der Waals surface area contributed by atoms with Gasteiger partial charge >= 0.3 is 0 Å². The van der Waals surface area contributed by atoms with E-state index in [2.05, 4.69) is 20.6 Å². The molecule has 1 heterocycles. The lowest BCUT2D eigenvalue weighted by Gasteiger charge is -2.24. The topological polar surface area (TPSA) is 52.6 Å². The number of aliphatic imine (C=N–C) groups is 1. The molecule has 1 unspecified atom stereocenters. The zero-order chi connectivity index (χ0) is 20.5. The highest BCUT2D eigenvalue weighted by Gasteiger charge is 2.22. The van der Waals surface area contributed by atoms with Gasteiger partial charge in [0.1, 0.15) is 16.8 Å². The summed E-state index contributed by atoms with van der Waals surface area (Å²) < 4.78 is 28.4. The highest BCUT2D eigenvalue weighted by atomic mass is 35.5. The van der Waals surface area contributed by atoms with Crippen molar-refractivity contribution in [3.05, 3.63) is 64.4 Å². The van der Waals surface area contributed by atoms with Gasteiger partial charge in [0, 0.05) is 24.8 Å². The van der Waals surface area contributed by atoms with E-state index in [9.17, 15) is 8.78 Å². The van der Waals surface area contributed by atoms with Gasteiger partial charge < -0.3 is 15.5 Å². The van der Waals surface area contributed by atoms with Crippen LogP contribution in [0.1, 0.15) is 24.1 Å². The number of likely N-dealkylation sites (N-methyl/N-ethyl adjacent to an activating group) is 1. The molecule has 28 heavy (non-hydrogen) atoms. The van der Waals surface area contributed by atoms with Gasteiger partial charge in [-0.1, -0.05) is 23.7 Å². The van der Waals surface area contributed by atoms with E-state index in [1.54, 1.807) is 31.3 Å². The maximum atomic E-state index is 14.2. The summed E-state index contributed by atoms with van der Waals surface area (Å²) in [6.45, 7) is 3.48. The summed E-state index contributed by atoms with van der Waals surface area (Å²) in [4.78, 5) is 10.3. The number of nitrogens with one attached hydrogen (secondary N) is 2. The summed E-state index contributed by atoms with van der Waals surface area (Å²) in [7, 11) is 3.56. The Morgan fingerprint density at radius 2 is 1.89 bits per heavy atom. The molecule has 0 saturated heterocycles. The molecule has 0 bridgehead atoms. The zero-order valence-electron chi connectivity index (χ0n) is 16.3. The van der Waals surface area contributed by atoms with E-state index in [1.165, 1.54) is 18.2 Å². The minimum atomic E-state index is -0.568. The third kappa shape index (κ3) is 6.42. The van der Waals surface area contributed by atoms with Crippen LogP contribution in [0.2, 0.25) is 5.15 Å². The van der Waals surface area contributed by atoms with Gasteiger partial charge in [-0.2, -0.15) is 0 Å². The molecule has 5 nitrogen and oxygen atoms in total. The first-order valence-corrected chi connectivity index (χ1v) is 9.53. The predicted molar refractivity (Wildman–Crippen MR) is 110 cm³/mol. The number of hydrogen-bond acceptors (Lipinski definition) is 3. The largest absolute Gasteiger partial charge is 0.357 e. The summed E-state index contributed by atoms with van der Waals surface area (Å²) in [5, 5.41) is 6.84. The van der Waals surface area contributed by atoms with Crippen molar-refractivity contribution < 1.29 is 8.78 Å². The van der Waals surface area contributed by atoms with Crippen LogP contribution in [0.5, 0.6) is 0 Å². The quantitative estimate of drug-likeness (QED) is 0.398. The zero-order valence-corrected chi connectivity index (χ0v) is 17.1. The van der Waals surface area contributed by atoms with E-state index >= 15 is 0 Å². The fourth-order valence-electron chi connectivity index (χ4n) is 2.74. The molecule has 2 N–H and O–H groups in total. The minimum Gasteiger partial charge on any atom is -0.357 e. The van der Waals surface area contributed by atoms with E-state index in [4.69, 9.17) is 11.6 Å². The number of rotatable bonds is 8. The lowest BCUT2D eigenvalue weighted by atomic mass is 10.0. The lowest BCUT2D eigenvalue weighted by Crippen LogP contribution is -2.39. The van der Waals surface area contributed by atoms with Gasteiger partial charge in [-0.3, -0.25) is 4.99 Å². The van der Waals surface area contributed by atoms with Crippen LogP contribution >= 0.6 is 11.6 Å². The fraction of sp³-hybridized carbons (Fsp3) is 0.400. The second kappa shape index (κ2) is 10.9. The number of hydrogen-bond donors (Lipinski definition) is 2. The smallest absolute Gasteiger partial charge is 0.191 e. The molecule has 1 aromatic heterocycles. The third-order valence-corrected chi connectivity index (χ3v) is 4.44. The SMILES string of the molecule is CCNC(=NCC(c1c(F)cccc1F)N(C)C)NCCc1ccc(Cl)nc1. The Hall–Kier alpha value is -2.25. The Morgan fingerprint density at radius 3 is 2.46 bits per heavy atom. The summed E-state index contributed by atoms with van der Waals surface area (Å²) in [6.07, 6.45) is 2.48. The monoisotopic (exact) mass is 409 g/mol. The standard InChI is InChI=1S/C20H26ClF2N5/c1-4-24-20(25-11-10-14-8-9-18(21)26-12-14)27-13-17(28(2)3)19-15(22)6-5-7-16(19)23/h5-9,12,17H,4,10-11,13H2,1-3H3,(H2,24,25,27). The number of nitrogens with zero attached hydrogens (tertiary/aromatic N) is 3. The van der Waals surface area contributed by atoms with Crippen LogP contribution < -0.4 is 10.6 Å². The van der Waals surface area contributed by atoms with E-state index in [0.29, 0.717) is 24.2 Å². The second-order valence-electron chi connectivity index (χ2n) is 6.50. The Labute approximate surface area is 169 Å². The Balaban J connectivity index is 2.05. The van der Waals surface area contributed by atoms with Gasteiger partial charge in [-0.05, 0) is 51.2 Å². The molecule has 0 aliphatic rings. The highest BCUT2D eigenvalue weighted by Crippen LogP contribution is 2.24. The average molecular weight is 410 g/mol. The summed E-state index contributed by atoms with van der Waals surface area (Å²) in [5.74, 6) is -0.544. The lowest BCUT2D eigenvalue weighted by molar-refractivity contribution is 0.290. The maximum absolute atomic E-state index is 14.2. The molecule has 8 heteroatoms. The van der Waals surface area contributed by atoms with Crippen molar-refractivity contribution in [2.24, 2.45) is 4.99 Å². The number of pyridine rings is 1. The summed E-state index contributed by atoms with van der Waals surface area (Å²) >= 11 is 5.79. The Kier molecular flexibility index (Phi) is 8.60. The van der Waals surface area contributed by atoms with Crippen molar-refractivity contribution in [2.45, 2.75) is 19.4 Å². The Bertz CT molecular complexity index is 760. The highest BCUT2D eigenvalue weighted by molar-refractivity contribution is 6.29. The normalized spacial score (nSPS) is 12.9. The van der Waals surface area contributed by atoms with Crippen molar-refractivity contribution in [3.63, 3.8) is 0 Å². The molecule has 0 amide bonds. The number of benzene rings is 1. The summed E-state index contributed by atoms with van der Waals surface area (Å²) in [5.41, 5.74) is 1.08. The second-order valence-corrected chi connectivity index (χ2v) is 6.89. The van der Waals surface area contributed by atoms with Gasteiger partial charge in [0.05, 0.1) is 12.6 Å². The Morgan fingerprint density at radius 1 is 1.18 bits per heavy atom. The predicted octanol–water partition coefficient (Wildman–Crippen LogP) is 3.41. The van der Waals surface area contributed by atoms with E-state index in [0.717, 1.165) is 12.0 Å². The van der Waals surface area contributed by atoms with Crippen LogP contribution in [0.3, 0.4) is 0 Å². The van der Waals surface area contributed by atoms with Crippen molar-refractivity contribution >= 4 is 17.6 Å². The van der Waals surface area contributed by atoms with Crippen LogP contribution in [-0.4, -0.2) is 49.6 Å². The van der Waals surface area contributed by atoms with Gasteiger partial charge in [-0.15, -0.1) is 0 Å². The third-order valence-electron chi connectivity index (χ3n) is 4.22. The fourth-order valence-corrected chi connectivity index (χ4v) is 2.85. The molecule has 0 fully saturated rings. The molecule has 152 valence electrons. The molecular formula is C20H26ClF2N5. The maximum Gasteiger partial charge on any atom is 0.191 e. The molecule has 0 saturated carbocycles. The van der Waals surface area contributed by atoms with Gasteiger partial charge in [0.25, 0.3) is 0 Å². The van der Waals surface area contributed by atoms with Crippen LogP contribution in [0.25, 0.3) is 0 Å². The first-order chi connectivity index (χ1) is 13.4. The molecule has 0 aliphatic heterocycles. The van der Waals surface area contributed by atoms with E-state index in [-0.39, 0.29) is 12.1 Å². The van der Waals surface area contributed by atoms with Crippen LogP contribution in [-0.2, 0) is 6.42 Å². The molecule has 0 aliphatic carbocycles. The molecule has 0 radical (unpaired) electrons. The van der Waals surface area contributed by atoms with Crippen LogP contribution in [0, 0.1) is 11.6 Å². The van der Waals surface area contributed by atoms with Crippen LogP contribution in [0.15, 0.2) is 41.5 Å². The van der Waals surface area contributed by atoms with Crippen molar-refractivity contribution in [1.82, 2.24) is 20.5 Å². The van der Waals surface area contributed by atoms with Crippen molar-refractivity contribution in [1.29, 1.82) is 0 Å². The van der Waals surface area contributed by atoms with Crippen molar-refractivity contribution in [3.8, 4) is 0 Å². The molecule has 2 rings (SSSR count). The summed E-state index contributed by atoms with van der Waals surface area (Å²) in [6, 6.07) is 7.05. The van der Waals surface area contributed by atoms with Crippen LogP contribution in [0.4, 0.5) is 8.78 Å². The van der Waals surface area contributed by atoms with Gasteiger partial charge in [-0.25, -0.2) is 13.8 Å². The number of aromatic nitrogens is 1. The first-order valence-electron chi connectivity index (χ1n) is 9.15. The van der Waals surface area contributed by atoms with E-state index < -0.39 is 17.7 Å². The molecule has 0 spiro atoms. The molecule has 2 aromatic rings. The minimum absolute atomic E-state index is 0.0272. The molecule has 1 atom stereocenters. The van der Waals surface area contributed by atoms with Crippen molar-refractivity contribution in [2.75, 3.05) is 33.7 Å². The van der Waals surface area contributed by atoms with Gasteiger partial charge in [0.15, 0.2) is 5.96 Å².